The molecular weight excluding hydrogens is 486 g/mol. The van der Waals surface area contributed by atoms with E-state index in [1.165, 1.54) is 11.9 Å². The van der Waals surface area contributed by atoms with E-state index in [4.69, 9.17) is 4.98 Å². The monoisotopic (exact) mass is 517 g/mol. The number of anilines is 2. The highest BCUT2D eigenvalue weighted by Gasteiger charge is 2.30. The zero-order chi connectivity index (χ0) is 25.2. The number of thioether (sulfide) groups is 1. The van der Waals surface area contributed by atoms with Gasteiger partial charge in [0.05, 0.1) is 11.7 Å². The summed E-state index contributed by atoms with van der Waals surface area (Å²) in [5, 5.41) is 3.68. The Morgan fingerprint density at radius 1 is 1.05 bits per heavy atom. The topological polar surface area (TPSA) is 96.2 Å². The molecular formula is C27H31N7O2S. The number of nitrogens with one attached hydrogen (secondary N) is 1. The Morgan fingerprint density at radius 2 is 1.86 bits per heavy atom. The van der Waals surface area contributed by atoms with Gasteiger partial charge in [-0.15, -0.1) is 0 Å². The lowest BCUT2D eigenvalue weighted by Gasteiger charge is -2.35. The van der Waals surface area contributed by atoms with Gasteiger partial charge in [-0.25, -0.2) is 15.0 Å². The summed E-state index contributed by atoms with van der Waals surface area (Å²) >= 11 is 1.57. The molecule has 1 aliphatic carbocycles. The molecule has 0 saturated carbocycles. The molecule has 1 aromatic carbocycles. The molecule has 1 atom stereocenters. The third-order valence-corrected chi connectivity index (χ3v) is 8.51. The highest BCUT2D eigenvalue weighted by molar-refractivity contribution is 7.99. The van der Waals surface area contributed by atoms with Crippen LogP contribution in [0, 0.1) is 0 Å². The average molecular weight is 518 g/mol. The SMILES string of the molecule is O=C(CC1CSc2nc3c(c(=O)n21)CCCC3)Nc1cc(N2CCN(Cc3ccccc3)CC2)ncn1. The number of hydrogen-bond donors (Lipinski definition) is 1. The minimum atomic E-state index is -0.189. The van der Waals surface area contributed by atoms with Crippen molar-refractivity contribution in [1.29, 1.82) is 0 Å². The zero-order valence-corrected chi connectivity index (χ0v) is 21.6. The van der Waals surface area contributed by atoms with Crippen molar-refractivity contribution in [2.24, 2.45) is 0 Å². The van der Waals surface area contributed by atoms with E-state index in [0.29, 0.717) is 11.6 Å². The molecule has 37 heavy (non-hydrogen) atoms. The van der Waals surface area contributed by atoms with Crippen LogP contribution in [-0.4, -0.2) is 62.3 Å². The first-order chi connectivity index (χ1) is 18.1. The van der Waals surface area contributed by atoms with Crippen LogP contribution in [0.4, 0.5) is 11.6 Å². The quantitative estimate of drug-likeness (QED) is 0.499. The van der Waals surface area contributed by atoms with Crippen LogP contribution in [0.3, 0.4) is 0 Å². The lowest BCUT2D eigenvalue weighted by atomic mass is 9.97. The molecule has 0 radical (unpaired) electrons. The van der Waals surface area contributed by atoms with Gasteiger partial charge in [-0.05, 0) is 31.2 Å². The van der Waals surface area contributed by atoms with Gasteiger partial charge in [-0.3, -0.25) is 19.1 Å². The summed E-state index contributed by atoms with van der Waals surface area (Å²) in [6.45, 7) is 4.59. The normalized spacial score (nSPS) is 19.4. The standard InChI is InChI=1S/C27H31N7O2S/c35-25(14-20-17-37-27-30-22-9-5-4-8-21(22)26(36)34(20)27)31-23-15-24(29-18-28-23)33-12-10-32(11-13-33)16-19-6-2-1-3-7-19/h1-3,6-7,15,18,20H,4-5,8-14,16-17H2,(H,28,29,31,35). The molecule has 3 aliphatic rings. The van der Waals surface area contributed by atoms with Crippen molar-refractivity contribution in [1.82, 2.24) is 24.4 Å². The molecule has 2 aliphatic heterocycles. The second-order valence-electron chi connectivity index (χ2n) is 9.93. The van der Waals surface area contributed by atoms with Crippen molar-refractivity contribution in [3.8, 4) is 0 Å². The maximum atomic E-state index is 13.1. The Labute approximate surface area is 220 Å². The number of nitrogens with zero attached hydrogens (tertiary/aromatic N) is 6. The molecule has 1 saturated heterocycles. The van der Waals surface area contributed by atoms with Gasteiger partial charge in [0.1, 0.15) is 18.0 Å². The van der Waals surface area contributed by atoms with Gasteiger partial charge < -0.3 is 10.2 Å². The molecule has 192 valence electrons. The molecule has 9 nitrogen and oxygen atoms in total. The average Bonchev–Trinajstić information content (AvgIpc) is 3.32. The predicted octanol–water partition coefficient (Wildman–Crippen LogP) is 2.91. The van der Waals surface area contributed by atoms with Crippen molar-refractivity contribution >= 4 is 29.3 Å². The fourth-order valence-electron chi connectivity index (χ4n) is 5.44. The van der Waals surface area contributed by atoms with Crippen molar-refractivity contribution in [2.75, 3.05) is 42.1 Å². The van der Waals surface area contributed by atoms with Gasteiger partial charge in [-0.1, -0.05) is 42.1 Å². The molecule has 1 fully saturated rings. The van der Waals surface area contributed by atoms with Crippen LogP contribution in [-0.2, 0) is 24.2 Å². The second kappa shape index (κ2) is 10.6. The molecule has 6 rings (SSSR count). The number of benzene rings is 1. The van der Waals surface area contributed by atoms with E-state index >= 15 is 0 Å². The molecule has 1 N–H and O–H groups in total. The smallest absolute Gasteiger partial charge is 0.257 e. The fourth-order valence-corrected chi connectivity index (χ4v) is 6.59. The number of aryl methyl sites for hydroxylation is 1. The van der Waals surface area contributed by atoms with E-state index in [0.717, 1.165) is 80.6 Å². The molecule has 2 aromatic heterocycles. The minimum absolute atomic E-state index is 0.0400. The largest absolute Gasteiger partial charge is 0.354 e. The lowest BCUT2D eigenvalue weighted by Crippen LogP contribution is -2.46. The third-order valence-electron chi connectivity index (χ3n) is 7.41. The summed E-state index contributed by atoms with van der Waals surface area (Å²) < 4.78 is 1.74. The van der Waals surface area contributed by atoms with Gasteiger partial charge >= 0.3 is 0 Å². The van der Waals surface area contributed by atoms with Crippen LogP contribution in [0.25, 0.3) is 0 Å². The van der Waals surface area contributed by atoms with Crippen molar-refractivity contribution in [3.05, 3.63) is 69.9 Å². The summed E-state index contributed by atoms with van der Waals surface area (Å²) in [7, 11) is 0. The second-order valence-corrected chi connectivity index (χ2v) is 10.9. The first kappa shape index (κ1) is 24.1. The molecule has 3 aromatic rings. The summed E-state index contributed by atoms with van der Waals surface area (Å²) in [5.74, 6) is 1.84. The number of aromatic nitrogens is 4. The Kier molecular flexibility index (Phi) is 6.93. The van der Waals surface area contributed by atoms with E-state index in [9.17, 15) is 9.59 Å². The minimum Gasteiger partial charge on any atom is -0.354 e. The van der Waals surface area contributed by atoms with Crippen LogP contribution >= 0.6 is 11.8 Å². The molecule has 0 bridgehead atoms. The molecule has 1 unspecified atom stereocenters. The van der Waals surface area contributed by atoms with Crippen LogP contribution < -0.4 is 15.8 Å². The summed E-state index contributed by atoms with van der Waals surface area (Å²) in [6, 6.07) is 12.2. The van der Waals surface area contributed by atoms with E-state index in [1.54, 1.807) is 16.3 Å². The van der Waals surface area contributed by atoms with Gasteiger partial charge in [0, 0.05) is 56.5 Å². The zero-order valence-electron chi connectivity index (χ0n) is 20.8. The van der Waals surface area contributed by atoms with Crippen LogP contribution in [0.2, 0.25) is 0 Å². The highest BCUT2D eigenvalue weighted by Crippen LogP contribution is 2.34. The number of carbonyl (C=O) groups is 1. The molecule has 4 heterocycles. The van der Waals surface area contributed by atoms with Gasteiger partial charge in [-0.2, -0.15) is 0 Å². The summed E-state index contributed by atoms with van der Waals surface area (Å²) in [6.07, 6.45) is 5.50. The first-order valence-corrected chi connectivity index (χ1v) is 14.0. The Hall–Kier alpha value is -3.24. The van der Waals surface area contributed by atoms with E-state index in [1.807, 2.05) is 12.1 Å². The Balaban J connectivity index is 1.07. The predicted molar refractivity (Wildman–Crippen MR) is 144 cm³/mol. The third kappa shape index (κ3) is 5.26. The molecule has 10 heteroatoms. The van der Waals surface area contributed by atoms with Gasteiger partial charge in [0.15, 0.2) is 5.16 Å². The summed E-state index contributed by atoms with van der Waals surface area (Å²) in [5.41, 5.74) is 3.16. The fraction of sp³-hybridized carbons (Fsp3) is 0.444. The van der Waals surface area contributed by atoms with Crippen LogP contribution in [0.1, 0.15) is 42.1 Å². The van der Waals surface area contributed by atoms with E-state index in [2.05, 4.69) is 49.4 Å². The van der Waals surface area contributed by atoms with E-state index < -0.39 is 0 Å². The number of carbonyl (C=O) groups excluding carboxylic acids is 1. The van der Waals surface area contributed by atoms with Crippen LogP contribution in [0.15, 0.2) is 52.7 Å². The maximum absolute atomic E-state index is 13.1. The number of fused-ring (bicyclic) bond motifs is 2. The van der Waals surface area contributed by atoms with Gasteiger partial charge in [0.25, 0.3) is 5.56 Å². The van der Waals surface area contributed by atoms with E-state index in [-0.39, 0.29) is 23.9 Å². The summed E-state index contributed by atoms with van der Waals surface area (Å²) in [4.78, 5) is 44.3. The first-order valence-electron chi connectivity index (χ1n) is 13.0. The maximum Gasteiger partial charge on any atom is 0.257 e. The van der Waals surface area contributed by atoms with Crippen molar-refractivity contribution in [2.45, 2.75) is 49.8 Å². The Bertz CT molecular complexity index is 1340. The number of hydrogen-bond acceptors (Lipinski definition) is 8. The number of rotatable bonds is 6. The van der Waals surface area contributed by atoms with Crippen LogP contribution in [0.5, 0.6) is 0 Å². The number of amides is 1. The molecule has 0 spiro atoms. The van der Waals surface area contributed by atoms with Gasteiger partial charge in [0.2, 0.25) is 5.91 Å². The van der Waals surface area contributed by atoms with Crippen molar-refractivity contribution < 1.29 is 4.79 Å². The van der Waals surface area contributed by atoms with Crippen molar-refractivity contribution in [3.63, 3.8) is 0 Å². The molecule has 1 amide bonds. The lowest BCUT2D eigenvalue weighted by molar-refractivity contribution is -0.116. The number of piperazine rings is 1. The Morgan fingerprint density at radius 3 is 2.70 bits per heavy atom. The highest BCUT2D eigenvalue weighted by atomic mass is 32.2.